The first-order chi connectivity index (χ1) is 9.22. The van der Waals surface area contributed by atoms with Crippen LogP contribution in [0.5, 0.6) is 5.75 Å². The van der Waals surface area contributed by atoms with Gasteiger partial charge in [-0.1, -0.05) is 24.3 Å². The molecular formula is C15H15ClN2O. The number of ether oxygens (including phenoxy) is 1. The van der Waals surface area contributed by atoms with E-state index in [9.17, 15) is 0 Å². The molecule has 0 saturated carbocycles. The smallest absolute Gasteiger partial charge is 0.119 e. The number of nitrogens with zero attached hydrogens (tertiary/aromatic N) is 1. The summed E-state index contributed by atoms with van der Waals surface area (Å²) in [6.45, 7) is 0. The molecule has 4 heteroatoms. The van der Waals surface area contributed by atoms with Crippen LogP contribution in [-0.4, -0.2) is 18.8 Å². The number of methoxy groups -OCH3 is 1. The molecule has 0 bridgehead atoms. The molecule has 98 valence electrons. The second-order valence-electron chi connectivity index (χ2n) is 4.02. The lowest BCUT2D eigenvalue weighted by molar-refractivity contribution is 0.415. The highest BCUT2D eigenvalue weighted by atomic mass is 35.5. The largest absolute Gasteiger partial charge is 0.497 e. The lowest BCUT2D eigenvalue weighted by Crippen LogP contribution is -2.12. The Morgan fingerprint density at radius 2 is 1.89 bits per heavy atom. The summed E-state index contributed by atoms with van der Waals surface area (Å²) in [7, 11) is 1.66. The van der Waals surface area contributed by atoms with Crippen LogP contribution in [0.1, 0.15) is 0 Å². The predicted molar refractivity (Wildman–Crippen MR) is 80.4 cm³/mol. The topological polar surface area (TPSA) is 47.6 Å². The molecule has 0 aliphatic carbocycles. The number of benzene rings is 2. The number of nitrogens with two attached hydrogens (primary N) is 1. The molecule has 0 heterocycles. The minimum absolute atomic E-state index is 0.234. The fourth-order valence-corrected chi connectivity index (χ4v) is 1.79. The van der Waals surface area contributed by atoms with Crippen molar-refractivity contribution in [3.63, 3.8) is 0 Å². The standard InChI is InChI=1S/C15H15ClN2O/c1-19-14-4-2-3-12(9-14)11-5-7-13(8-6-11)18-15(17)10-16/h2-9H,10H2,1H3,(H2,17,18). The molecule has 0 atom stereocenters. The number of aliphatic imine (C=N–C) groups is 1. The van der Waals surface area contributed by atoms with Crippen LogP contribution in [0.25, 0.3) is 11.1 Å². The van der Waals surface area contributed by atoms with E-state index in [1.165, 1.54) is 0 Å². The average molecular weight is 275 g/mol. The molecule has 19 heavy (non-hydrogen) atoms. The van der Waals surface area contributed by atoms with Gasteiger partial charge in [-0.05, 0) is 35.4 Å². The van der Waals surface area contributed by atoms with E-state index in [4.69, 9.17) is 22.1 Å². The summed E-state index contributed by atoms with van der Waals surface area (Å²) in [4.78, 5) is 4.18. The van der Waals surface area contributed by atoms with Crippen LogP contribution in [0, 0.1) is 0 Å². The molecule has 0 aliphatic heterocycles. The number of rotatable bonds is 4. The Balaban J connectivity index is 2.27. The highest BCUT2D eigenvalue weighted by Crippen LogP contribution is 2.25. The summed E-state index contributed by atoms with van der Waals surface area (Å²) in [5, 5.41) is 0. The van der Waals surface area contributed by atoms with Gasteiger partial charge in [0, 0.05) is 0 Å². The Bertz CT molecular complexity index is 579. The first-order valence-electron chi connectivity index (χ1n) is 5.86. The van der Waals surface area contributed by atoms with Crippen molar-refractivity contribution in [2.45, 2.75) is 0 Å². The third-order valence-electron chi connectivity index (χ3n) is 2.68. The second kappa shape index (κ2) is 6.25. The second-order valence-corrected chi connectivity index (χ2v) is 4.28. The number of hydrogen-bond acceptors (Lipinski definition) is 2. The fraction of sp³-hybridized carbons (Fsp3) is 0.133. The molecule has 0 spiro atoms. The van der Waals surface area contributed by atoms with Crippen molar-refractivity contribution in [1.82, 2.24) is 0 Å². The van der Waals surface area contributed by atoms with E-state index in [2.05, 4.69) is 4.99 Å². The van der Waals surface area contributed by atoms with Crippen LogP contribution < -0.4 is 10.5 Å². The predicted octanol–water partition coefficient (Wildman–Crippen LogP) is 3.59. The van der Waals surface area contributed by atoms with Gasteiger partial charge in [0.25, 0.3) is 0 Å². The van der Waals surface area contributed by atoms with Crippen molar-refractivity contribution >= 4 is 23.1 Å². The number of alkyl halides is 1. The summed E-state index contributed by atoms with van der Waals surface area (Å²) >= 11 is 5.59. The molecule has 0 aliphatic rings. The molecule has 0 fully saturated rings. The lowest BCUT2D eigenvalue weighted by Gasteiger charge is -2.05. The Kier molecular flexibility index (Phi) is 4.42. The monoisotopic (exact) mass is 274 g/mol. The Morgan fingerprint density at radius 3 is 2.53 bits per heavy atom. The minimum Gasteiger partial charge on any atom is -0.497 e. The van der Waals surface area contributed by atoms with Crippen LogP contribution in [0.15, 0.2) is 53.5 Å². The molecular weight excluding hydrogens is 260 g/mol. The van der Waals surface area contributed by atoms with Crippen molar-refractivity contribution in [1.29, 1.82) is 0 Å². The zero-order valence-electron chi connectivity index (χ0n) is 10.6. The maximum Gasteiger partial charge on any atom is 0.119 e. The Labute approximate surface area is 117 Å². The van der Waals surface area contributed by atoms with E-state index in [0.29, 0.717) is 5.84 Å². The van der Waals surface area contributed by atoms with Crippen LogP contribution >= 0.6 is 11.6 Å². The quantitative estimate of drug-likeness (QED) is 0.526. The lowest BCUT2D eigenvalue weighted by atomic mass is 10.1. The number of hydrogen-bond donors (Lipinski definition) is 1. The van der Waals surface area contributed by atoms with Crippen molar-refractivity contribution < 1.29 is 4.74 Å². The highest BCUT2D eigenvalue weighted by Gasteiger charge is 2.00. The zero-order chi connectivity index (χ0) is 13.7. The normalized spacial score (nSPS) is 11.4. The first-order valence-corrected chi connectivity index (χ1v) is 6.40. The molecule has 2 N–H and O–H groups in total. The van der Waals surface area contributed by atoms with Crippen LogP contribution in [0.2, 0.25) is 0 Å². The summed E-state index contributed by atoms with van der Waals surface area (Å²) in [5.74, 6) is 1.49. The van der Waals surface area contributed by atoms with Gasteiger partial charge < -0.3 is 10.5 Å². The summed E-state index contributed by atoms with van der Waals surface area (Å²) < 4.78 is 5.21. The van der Waals surface area contributed by atoms with Gasteiger partial charge in [-0.2, -0.15) is 0 Å². The van der Waals surface area contributed by atoms with Gasteiger partial charge in [-0.15, -0.1) is 11.6 Å². The van der Waals surface area contributed by atoms with Crippen molar-refractivity contribution in [3.05, 3.63) is 48.5 Å². The molecule has 0 amide bonds. The van der Waals surface area contributed by atoms with Gasteiger partial charge in [0.1, 0.15) is 11.6 Å². The SMILES string of the molecule is COc1cccc(-c2ccc(N=C(N)CCl)cc2)c1. The Hall–Kier alpha value is -2.00. The summed E-state index contributed by atoms with van der Waals surface area (Å²) in [6, 6.07) is 15.7. The zero-order valence-corrected chi connectivity index (χ0v) is 11.4. The molecule has 2 aromatic carbocycles. The maximum absolute atomic E-state index is 5.59. The van der Waals surface area contributed by atoms with Gasteiger partial charge in [0.05, 0.1) is 18.7 Å². The van der Waals surface area contributed by atoms with Crippen molar-refractivity contribution in [2.24, 2.45) is 10.7 Å². The van der Waals surface area contributed by atoms with Crippen molar-refractivity contribution in [3.8, 4) is 16.9 Å². The molecule has 2 rings (SSSR count). The molecule has 2 aromatic rings. The van der Waals surface area contributed by atoms with E-state index in [1.54, 1.807) is 7.11 Å². The van der Waals surface area contributed by atoms with Gasteiger partial charge >= 0.3 is 0 Å². The minimum atomic E-state index is 0.234. The highest BCUT2D eigenvalue weighted by molar-refractivity contribution is 6.28. The number of amidine groups is 1. The van der Waals surface area contributed by atoms with Gasteiger partial charge in [0.15, 0.2) is 0 Å². The molecule has 3 nitrogen and oxygen atoms in total. The molecule has 0 radical (unpaired) electrons. The molecule has 0 aromatic heterocycles. The van der Waals surface area contributed by atoms with Crippen LogP contribution in [-0.2, 0) is 0 Å². The fourth-order valence-electron chi connectivity index (χ4n) is 1.73. The molecule has 0 saturated heterocycles. The van der Waals surface area contributed by atoms with Crippen molar-refractivity contribution in [2.75, 3.05) is 13.0 Å². The van der Waals surface area contributed by atoms with E-state index >= 15 is 0 Å². The Morgan fingerprint density at radius 1 is 1.16 bits per heavy atom. The van der Waals surface area contributed by atoms with E-state index in [0.717, 1.165) is 22.6 Å². The first kappa shape index (κ1) is 13.4. The van der Waals surface area contributed by atoms with E-state index < -0.39 is 0 Å². The van der Waals surface area contributed by atoms with E-state index in [-0.39, 0.29) is 5.88 Å². The number of halogens is 1. The third-order valence-corrected chi connectivity index (χ3v) is 2.95. The average Bonchev–Trinajstić information content (AvgIpc) is 2.48. The molecule has 0 unspecified atom stereocenters. The van der Waals surface area contributed by atoms with Gasteiger partial charge in [-0.25, -0.2) is 4.99 Å². The summed E-state index contributed by atoms with van der Waals surface area (Å²) in [5.41, 5.74) is 8.59. The van der Waals surface area contributed by atoms with Gasteiger partial charge in [0.2, 0.25) is 0 Å². The van der Waals surface area contributed by atoms with E-state index in [1.807, 2.05) is 48.5 Å². The van der Waals surface area contributed by atoms with Gasteiger partial charge in [-0.3, -0.25) is 0 Å². The maximum atomic E-state index is 5.59. The summed E-state index contributed by atoms with van der Waals surface area (Å²) in [6.07, 6.45) is 0. The van der Waals surface area contributed by atoms with Crippen LogP contribution in [0.4, 0.5) is 5.69 Å². The van der Waals surface area contributed by atoms with Crippen LogP contribution in [0.3, 0.4) is 0 Å². The third kappa shape index (κ3) is 3.48.